The van der Waals surface area contributed by atoms with E-state index in [9.17, 15) is 9.90 Å². The highest BCUT2D eigenvalue weighted by Gasteiger charge is 2.62. The zero-order chi connectivity index (χ0) is 19.8. The molecule has 27 heavy (non-hydrogen) atoms. The maximum atomic E-state index is 13.2. The van der Waals surface area contributed by atoms with Crippen LogP contribution in [-0.4, -0.2) is 33.7 Å². The van der Waals surface area contributed by atoms with Crippen LogP contribution in [0, 0.1) is 29.6 Å². The highest BCUT2D eigenvalue weighted by atomic mass is 32.2. The molecule has 148 valence electrons. The number of rotatable bonds is 5. The van der Waals surface area contributed by atoms with Crippen molar-refractivity contribution in [1.29, 1.82) is 0 Å². The molecule has 0 aromatic heterocycles. The molecule has 1 N–H and O–H groups in total. The van der Waals surface area contributed by atoms with Crippen LogP contribution in [0.5, 0.6) is 0 Å². The lowest BCUT2D eigenvalue weighted by atomic mass is 9.66. The fourth-order valence-electron chi connectivity index (χ4n) is 4.51. The Morgan fingerprint density at radius 1 is 1.33 bits per heavy atom. The molecule has 0 spiro atoms. The minimum Gasteiger partial charge on any atom is -0.396 e. The number of carbonyl (C=O) groups excluding carboxylic acids is 1. The van der Waals surface area contributed by atoms with Crippen LogP contribution in [0.4, 0.5) is 0 Å². The molecule has 1 amide bonds. The second kappa shape index (κ2) is 7.63. The Morgan fingerprint density at radius 3 is 2.63 bits per heavy atom. The van der Waals surface area contributed by atoms with Gasteiger partial charge in [0.05, 0.1) is 18.6 Å². The molecule has 4 heteroatoms. The normalized spacial score (nSPS) is 30.7. The highest BCUT2D eigenvalue weighted by molar-refractivity contribution is 7.97. The number of aryl methyl sites for hydroxylation is 1. The van der Waals surface area contributed by atoms with Crippen molar-refractivity contribution < 1.29 is 9.90 Å². The minimum absolute atomic E-state index is 0.0923. The molecule has 0 bridgehead atoms. The van der Waals surface area contributed by atoms with Crippen molar-refractivity contribution >= 4 is 23.9 Å². The van der Waals surface area contributed by atoms with Crippen LogP contribution in [0.15, 0.2) is 30.3 Å². The van der Waals surface area contributed by atoms with Crippen LogP contribution in [0.1, 0.15) is 51.7 Å². The molecule has 4 unspecified atom stereocenters. The Balaban J connectivity index is 1.68. The molecule has 1 heterocycles. The number of aliphatic hydroxyl groups excluding tert-OH is 1. The predicted octanol–water partition coefficient (Wildman–Crippen LogP) is 4.94. The summed E-state index contributed by atoms with van der Waals surface area (Å²) in [6.45, 7) is 11.3. The van der Waals surface area contributed by atoms with Gasteiger partial charge in [-0.05, 0) is 48.6 Å². The highest BCUT2D eigenvalue weighted by Crippen LogP contribution is 2.63. The standard InChI is InChI=1S/C23H33NO2S/c1-16-9-11-18(12-10-16)7-6-8-19(14-25)21(26)24-20-13-17(2)22(3,4)23(20,5)15-27-24/h6-7,9-12,17,19-20,25H,8,13-15H2,1-5H3/b7-6+. The summed E-state index contributed by atoms with van der Waals surface area (Å²) in [6.07, 6.45) is 5.68. The van der Waals surface area contributed by atoms with Crippen LogP contribution in [0.2, 0.25) is 0 Å². The van der Waals surface area contributed by atoms with E-state index in [0.717, 1.165) is 17.7 Å². The summed E-state index contributed by atoms with van der Waals surface area (Å²) < 4.78 is 2.01. The molecule has 1 saturated heterocycles. The monoisotopic (exact) mass is 387 g/mol. The third-order valence-electron chi connectivity index (χ3n) is 7.40. The summed E-state index contributed by atoms with van der Waals surface area (Å²) in [4.78, 5) is 13.2. The fraction of sp³-hybridized carbons (Fsp3) is 0.609. The van der Waals surface area contributed by atoms with Gasteiger partial charge in [0.15, 0.2) is 0 Å². The first-order valence-corrected chi connectivity index (χ1v) is 10.9. The van der Waals surface area contributed by atoms with Gasteiger partial charge in [0, 0.05) is 11.2 Å². The average molecular weight is 388 g/mol. The quantitative estimate of drug-likeness (QED) is 0.728. The van der Waals surface area contributed by atoms with Gasteiger partial charge in [-0.2, -0.15) is 0 Å². The first-order valence-electron chi connectivity index (χ1n) is 10.0. The molecule has 1 aliphatic heterocycles. The third kappa shape index (κ3) is 3.58. The second-order valence-electron chi connectivity index (χ2n) is 9.16. The summed E-state index contributed by atoms with van der Waals surface area (Å²) in [6, 6.07) is 8.59. The number of fused-ring (bicyclic) bond motifs is 1. The van der Waals surface area contributed by atoms with Crippen molar-refractivity contribution in [3.05, 3.63) is 41.5 Å². The number of nitrogens with zero attached hydrogens (tertiary/aromatic N) is 1. The summed E-state index contributed by atoms with van der Waals surface area (Å²) in [5.41, 5.74) is 2.72. The van der Waals surface area contributed by atoms with E-state index >= 15 is 0 Å². The molecule has 3 rings (SSSR count). The minimum atomic E-state index is -0.361. The van der Waals surface area contributed by atoms with Gasteiger partial charge < -0.3 is 5.11 Å². The molecule has 2 fully saturated rings. The van der Waals surface area contributed by atoms with E-state index in [1.165, 1.54) is 5.56 Å². The average Bonchev–Trinajstić information content (AvgIpc) is 3.05. The van der Waals surface area contributed by atoms with Crippen LogP contribution in [0.25, 0.3) is 6.08 Å². The number of aliphatic hydroxyl groups is 1. The van der Waals surface area contributed by atoms with Crippen molar-refractivity contribution in [1.82, 2.24) is 4.31 Å². The van der Waals surface area contributed by atoms with Gasteiger partial charge in [-0.25, -0.2) is 0 Å². The number of benzene rings is 1. The SMILES string of the molecule is Cc1ccc(/C=C/CC(CO)C(=O)N2SCC3(C)C2CC(C)C3(C)C)cc1. The Kier molecular flexibility index (Phi) is 5.79. The largest absolute Gasteiger partial charge is 0.396 e. The van der Waals surface area contributed by atoms with E-state index in [4.69, 9.17) is 0 Å². The molecular weight excluding hydrogens is 354 g/mol. The van der Waals surface area contributed by atoms with Crippen molar-refractivity contribution in [2.75, 3.05) is 12.4 Å². The number of carbonyl (C=O) groups is 1. The van der Waals surface area contributed by atoms with E-state index in [0.29, 0.717) is 12.3 Å². The third-order valence-corrected chi connectivity index (χ3v) is 8.84. The van der Waals surface area contributed by atoms with Crippen molar-refractivity contribution in [2.24, 2.45) is 22.7 Å². The van der Waals surface area contributed by atoms with Gasteiger partial charge in [0.2, 0.25) is 5.91 Å². The van der Waals surface area contributed by atoms with E-state index in [-0.39, 0.29) is 35.3 Å². The maximum Gasteiger partial charge on any atom is 0.238 e. The Morgan fingerprint density at radius 2 is 2.00 bits per heavy atom. The molecule has 3 nitrogen and oxygen atoms in total. The molecule has 1 aromatic carbocycles. The second-order valence-corrected chi connectivity index (χ2v) is 10.1. The van der Waals surface area contributed by atoms with Gasteiger partial charge in [-0.3, -0.25) is 9.10 Å². The van der Waals surface area contributed by atoms with Crippen molar-refractivity contribution in [3.8, 4) is 0 Å². The molecule has 1 saturated carbocycles. The Hall–Kier alpha value is -1.26. The van der Waals surface area contributed by atoms with Gasteiger partial charge in [0.1, 0.15) is 0 Å². The van der Waals surface area contributed by atoms with Crippen LogP contribution >= 0.6 is 11.9 Å². The summed E-state index contributed by atoms with van der Waals surface area (Å²) in [7, 11) is 0. The fourth-order valence-corrected chi connectivity index (χ4v) is 6.26. The first kappa shape index (κ1) is 20.5. The first-order chi connectivity index (χ1) is 12.7. The summed E-state index contributed by atoms with van der Waals surface area (Å²) in [5, 5.41) is 9.86. The molecule has 1 aliphatic carbocycles. The Bertz CT molecular complexity index is 712. The van der Waals surface area contributed by atoms with Gasteiger partial charge in [-0.15, -0.1) is 0 Å². The van der Waals surface area contributed by atoms with E-state index < -0.39 is 0 Å². The Labute approximate surface area is 168 Å². The zero-order valence-electron chi connectivity index (χ0n) is 17.2. The van der Waals surface area contributed by atoms with Crippen LogP contribution in [-0.2, 0) is 4.79 Å². The molecule has 4 atom stereocenters. The van der Waals surface area contributed by atoms with E-state index in [2.05, 4.69) is 58.9 Å². The molecule has 0 radical (unpaired) electrons. The lowest BCUT2D eigenvalue weighted by Gasteiger charge is -2.40. The topological polar surface area (TPSA) is 40.5 Å². The smallest absolute Gasteiger partial charge is 0.238 e. The zero-order valence-corrected chi connectivity index (χ0v) is 18.1. The van der Waals surface area contributed by atoms with Gasteiger partial charge in [0.25, 0.3) is 0 Å². The lowest BCUT2D eigenvalue weighted by Crippen LogP contribution is -2.44. The molecular formula is C23H33NO2S. The summed E-state index contributed by atoms with van der Waals surface area (Å²) >= 11 is 1.67. The number of hydrogen-bond acceptors (Lipinski definition) is 3. The maximum absolute atomic E-state index is 13.2. The van der Waals surface area contributed by atoms with Gasteiger partial charge >= 0.3 is 0 Å². The molecule has 1 aromatic rings. The van der Waals surface area contributed by atoms with E-state index in [1.807, 2.05) is 16.5 Å². The van der Waals surface area contributed by atoms with Crippen LogP contribution in [0.3, 0.4) is 0 Å². The molecule has 2 aliphatic rings. The van der Waals surface area contributed by atoms with Gasteiger partial charge in [-0.1, -0.05) is 69.7 Å². The number of hydrogen-bond donors (Lipinski definition) is 1. The number of amides is 1. The predicted molar refractivity (Wildman–Crippen MR) is 114 cm³/mol. The lowest BCUT2D eigenvalue weighted by molar-refractivity contribution is -0.133. The summed E-state index contributed by atoms with van der Waals surface area (Å²) in [5.74, 6) is 1.31. The van der Waals surface area contributed by atoms with Crippen LogP contribution < -0.4 is 0 Å². The van der Waals surface area contributed by atoms with Crippen molar-refractivity contribution in [2.45, 2.75) is 53.5 Å². The van der Waals surface area contributed by atoms with E-state index in [1.54, 1.807) is 11.9 Å². The van der Waals surface area contributed by atoms with Crippen molar-refractivity contribution in [3.63, 3.8) is 0 Å². The number of allylic oxidation sites excluding steroid dienone is 1.